The smallest absolute Gasteiger partial charge is 0.0662 e. The van der Waals surface area contributed by atoms with Crippen LogP contribution in [0.3, 0.4) is 0 Å². The first-order valence-electron chi connectivity index (χ1n) is 3.93. The van der Waals surface area contributed by atoms with Gasteiger partial charge in [0.05, 0.1) is 12.2 Å². The Kier molecular flexibility index (Phi) is 2.33. The Morgan fingerprint density at radius 2 is 2.23 bits per heavy atom. The topological polar surface area (TPSA) is 51.8 Å². The zero-order valence-electron chi connectivity index (χ0n) is 6.92. The molecule has 1 unspecified atom stereocenters. The number of thiophene rings is 1. The van der Waals surface area contributed by atoms with Crippen molar-refractivity contribution in [1.29, 1.82) is 0 Å². The molecule has 0 aliphatic carbocycles. The summed E-state index contributed by atoms with van der Waals surface area (Å²) in [7, 11) is 0. The van der Waals surface area contributed by atoms with E-state index in [0.717, 1.165) is 10.4 Å². The third-order valence-electron chi connectivity index (χ3n) is 1.82. The lowest BCUT2D eigenvalue weighted by atomic mass is 10.1. The van der Waals surface area contributed by atoms with E-state index in [9.17, 15) is 0 Å². The quantitative estimate of drug-likeness (QED) is 0.784. The van der Waals surface area contributed by atoms with Crippen LogP contribution in [-0.4, -0.2) is 10.2 Å². The molecule has 2 rings (SSSR count). The minimum atomic E-state index is -0.0736. The van der Waals surface area contributed by atoms with E-state index in [1.54, 1.807) is 23.7 Å². The van der Waals surface area contributed by atoms with Gasteiger partial charge in [0.15, 0.2) is 0 Å². The van der Waals surface area contributed by atoms with E-state index in [0.29, 0.717) is 0 Å². The molecule has 2 N–H and O–H groups in total. The molecule has 0 aromatic carbocycles. The molecule has 0 amide bonds. The van der Waals surface area contributed by atoms with E-state index in [1.807, 2.05) is 23.6 Å². The third-order valence-corrected chi connectivity index (χ3v) is 2.77. The zero-order chi connectivity index (χ0) is 9.10. The summed E-state index contributed by atoms with van der Waals surface area (Å²) in [5, 5.41) is 9.51. The fourth-order valence-corrected chi connectivity index (χ4v) is 1.87. The standard InChI is InChI=1S/C9H9N3S/c10-9(8-2-1-5-13-8)7-3-4-11-12-6-7/h1-6,9H,10H2. The van der Waals surface area contributed by atoms with Crippen molar-refractivity contribution in [3.8, 4) is 0 Å². The highest BCUT2D eigenvalue weighted by atomic mass is 32.1. The van der Waals surface area contributed by atoms with E-state index >= 15 is 0 Å². The molecule has 0 aliphatic heterocycles. The van der Waals surface area contributed by atoms with Gasteiger partial charge in [-0.25, -0.2) is 0 Å². The SMILES string of the molecule is NC(c1ccnnc1)c1cccs1. The molecule has 2 heterocycles. The summed E-state index contributed by atoms with van der Waals surface area (Å²) in [6, 6.07) is 5.83. The third kappa shape index (κ3) is 1.74. The number of nitrogens with zero attached hydrogens (tertiary/aromatic N) is 2. The fraction of sp³-hybridized carbons (Fsp3) is 0.111. The van der Waals surface area contributed by atoms with Crippen LogP contribution in [0.5, 0.6) is 0 Å². The average Bonchev–Trinajstić information content (AvgIpc) is 2.71. The van der Waals surface area contributed by atoms with Gasteiger partial charge in [-0.3, -0.25) is 0 Å². The second-order valence-electron chi connectivity index (χ2n) is 2.67. The number of hydrogen-bond acceptors (Lipinski definition) is 4. The predicted molar refractivity (Wildman–Crippen MR) is 52.4 cm³/mol. The number of rotatable bonds is 2. The molecule has 0 bridgehead atoms. The first kappa shape index (κ1) is 8.34. The second-order valence-corrected chi connectivity index (χ2v) is 3.65. The van der Waals surface area contributed by atoms with Crippen molar-refractivity contribution in [3.63, 3.8) is 0 Å². The van der Waals surface area contributed by atoms with Gasteiger partial charge in [-0.05, 0) is 23.1 Å². The molecule has 0 radical (unpaired) electrons. The van der Waals surface area contributed by atoms with Gasteiger partial charge in [0, 0.05) is 11.1 Å². The van der Waals surface area contributed by atoms with Crippen molar-refractivity contribution in [1.82, 2.24) is 10.2 Å². The molecule has 0 saturated heterocycles. The van der Waals surface area contributed by atoms with Gasteiger partial charge in [-0.2, -0.15) is 10.2 Å². The lowest BCUT2D eigenvalue weighted by Crippen LogP contribution is -2.10. The normalized spacial score (nSPS) is 12.7. The van der Waals surface area contributed by atoms with E-state index in [2.05, 4.69) is 10.2 Å². The molecule has 2 aromatic heterocycles. The first-order chi connectivity index (χ1) is 6.38. The van der Waals surface area contributed by atoms with E-state index in [1.165, 1.54) is 0 Å². The van der Waals surface area contributed by atoms with Crippen molar-refractivity contribution in [2.24, 2.45) is 5.73 Å². The van der Waals surface area contributed by atoms with Crippen molar-refractivity contribution in [2.45, 2.75) is 6.04 Å². The molecule has 0 fully saturated rings. The van der Waals surface area contributed by atoms with Gasteiger partial charge in [0.1, 0.15) is 0 Å². The maximum atomic E-state index is 6.00. The van der Waals surface area contributed by atoms with E-state index < -0.39 is 0 Å². The van der Waals surface area contributed by atoms with Crippen LogP contribution in [0.15, 0.2) is 36.0 Å². The van der Waals surface area contributed by atoms with Gasteiger partial charge in [0.2, 0.25) is 0 Å². The molecular weight excluding hydrogens is 182 g/mol. The molecule has 13 heavy (non-hydrogen) atoms. The fourth-order valence-electron chi connectivity index (χ4n) is 1.12. The summed E-state index contributed by atoms with van der Waals surface area (Å²) < 4.78 is 0. The van der Waals surface area contributed by atoms with Crippen LogP contribution in [0, 0.1) is 0 Å². The Morgan fingerprint density at radius 1 is 1.31 bits per heavy atom. The molecule has 66 valence electrons. The molecule has 0 aliphatic rings. The first-order valence-corrected chi connectivity index (χ1v) is 4.81. The average molecular weight is 191 g/mol. The molecule has 0 spiro atoms. The van der Waals surface area contributed by atoms with Gasteiger partial charge >= 0.3 is 0 Å². The molecule has 1 atom stereocenters. The van der Waals surface area contributed by atoms with Crippen LogP contribution in [0.4, 0.5) is 0 Å². The summed E-state index contributed by atoms with van der Waals surface area (Å²) in [5.74, 6) is 0. The molecule has 2 aromatic rings. The lowest BCUT2D eigenvalue weighted by molar-refractivity contribution is 0.863. The monoisotopic (exact) mass is 191 g/mol. The van der Waals surface area contributed by atoms with Crippen molar-refractivity contribution in [3.05, 3.63) is 46.4 Å². The Balaban J connectivity index is 2.29. The maximum Gasteiger partial charge on any atom is 0.0662 e. The number of hydrogen-bond donors (Lipinski definition) is 1. The summed E-state index contributed by atoms with van der Waals surface area (Å²) in [6.07, 6.45) is 3.35. The van der Waals surface area contributed by atoms with Crippen LogP contribution in [0.1, 0.15) is 16.5 Å². The summed E-state index contributed by atoms with van der Waals surface area (Å²) in [6.45, 7) is 0. The van der Waals surface area contributed by atoms with E-state index in [-0.39, 0.29) is 6.04 Å². The van der Waals surface area contributed by atoms with Crippen LogP contribution < -0.4 is 5.73 Å². The zero-order valence-corrected chi connectivity index (χ0v) is 7.74. The Bertz CT molecular complexity index is 358. The Labute approximate surface area is 80.2 Å². The molecular formula is C9H9N3S. The van der Waals surface area contributed by atoms with Gasteiger partial charge in [0.25, 0.3) is 0 Å². The van der Waals surface area contributed by atoms with Gasteiger partial charge < -0.3 is 5.73 Å². The second kappa shape index (κ2) is 3.64. The van der Waals surface area contributed by atoms with Crippen molar-refractivity contribution in [2.75, 3.05) is 0 Å². The van der Waals surface area contributed by atoms with Crippen molar-refractivity contribution < 1.29 is 0 Å². The Morgan fingerprint density at radius 3 is 2.85 bits per heavy atom. The minimum Gasteiger partial charge on any atom is -0.320 e. The van der Waals surface area contributed by atoms with Crippen LogP contribution in [0.25, 0.3) is 0 Å². The highest BCUT2D eigenvalue weighted by molar-refractivity contribution is 7.10. The maximum absolute atomic E-state index is 6.00. The Hall–Kier alpha value is -1.26. The molecule has 3 nitrogen and oxygen atoms in total. The summed E-state index contributed by atoms with van der Waals surface area (Å²) >= 11 is 1.65. The van der Waals surface area contributed by atoms with E-state index in [4.69, 9.17) is 5.73 Å². The molecule has 0 saturated carbocycles. The van der Waals surface area contributed by atoms with Crippen LogP contribution in [-0.2, 0) is 0 Å². The highest BCUT2D eigenvalue weighted by Gasteiger charge is 2.08. The number of aromatic nitrogens is 2. The summed E-state index contributed by atoms with van der Waals surface area (Å²) in [5.41, 5.74) is 7.00. The highest BCUT2D eigenvalue weighted by Crippen LogP contribution is 2.22. The number of nitrogens with two attached hydrogens (primary N) is 1. The van der Waals surface area contributed by atoms with Crippen molar-refractivity contribution >= 4 is 11.3 Å². The van der Waals surface area contributed by atoms with Crippen LogP contribution in [0.2, 0.25) is 0 Å². The largest absolute Gasteiger partial charge is 0.320 e. The summed E-state index contributed by atoms with van der Waals surface area (Å²) in [4.78, 5) is 1.15. The van der Waals surface area contributed by atoms with Gasteiger partial charge in [-0.15, -0.1) is 11.3 Å². The minimum absolute atomic E-state index is 0.0736. The predicted octanol–water partition coefficient (Wildman–Crippen LogP) is 1.59. The van der Waals surface area contributed by atoms with Crippen LogP contribution >= 0.6 is 11.3 Å². The lowest BCUT2D eigenvalue weighted by Gasteiger charge is -2.07. The molecule has 4 heteroatoms. The van der Waals surface area contributed by atoms with Gasteiger partial charge in [-0.1, -0.05) is 6.07 Å².